The van der Waals surface area contributed by atoms with Crippen LogP contribution in [0.4, 0.5) is 13.2 Å². The second kappa shape index (κ2) is 9.80. The van der Waals surface area contributed by atoms with E-state index in [1.807, 2.05) is 6.07 Å². The molecule has 0 amide bonds. The molecule has 3 fully saturated rings. The summed E-state index contributed by atoms with van der Waals surface area (Å²) < 4.78 is 40.2. The molecular formula is C25H37F3N2O. The number of aliphatic hydroxyl groups is 1. The molecule has 3 aliphatic rings. The number of alkyl halides is 3. The smallest absolute Gasteiger partial charge is 0.390 e. The first-order chi connectivity index (χ1) is 14.8. The molecule has 31 heavy (non-hydrogen) atoms. The predicted octanol–water partition coefficient (Wildman–Crippen LogP) is 5.78. The Morgan fingerprint density at radius 3 is 2.23 bits per heavy atom. The molecule has 1 unspecified atom stereocenters. The number of piperidine rings is 2. The lowest BCUT2D eigenvalue weighted by Crippen LogP contribution is -2.48. The number of benzene rings is 1. The fourth-order valence-electron chi connectivity index (χ4n) is 6.00. The Bertz CT molecular complexity index is 703. The van der Waals surface area contributed by atoms with E-state index in [0.29, 0.717) is 18.0 Å². The van der Waals surface area contributed by atoms with Crippen LogP contribution in [0, 0.1) is 0 Å². The van der Waals surface area contributed by atoms with E-state index in [9.17, 15) is 18.3 Å². The fourth-order valence-corrected chi connectivity index (χ4v) is 6.00. The van der Waals surface area contributed by atoms with E-state index in [2.05, 4.69) is 9.80 Å². The van der Waals surface area contributed by atoms with Gasteiger partial charge in [0.1, 0.15) is 0 Å². The lowest BCUT2D eigenvalue weighted by atomic mass is 9.78. The van der Waals surface area contributed by atoms with Gasteiger partial charge in [0.2, 0.25) is 0 Å². The first-order valence-electron chi connectivity index (χ1n) is 12.2. The van der Waals surface area contributed by atoms with Crippen LogP contribution >= 0.6 is 0 Å². The van der Waals surface area contributed by atoms with Crippen molar-refractivity contribution in [2.45, 2.75) is 94.5 Å². The zero-order valence-electron chi connectivity index (χ0n) is 18.5. The van der Waals surface area contributed by atoms with Gasteiger partial charge in [-0.05, 0) is 75.7 Å². The van der Waals surface area contributed by atoms with Crippen molar-refractivity contribution in [3.63, 3.8) is 0 Å². The van der Waals surface area contributed by atoms with Crippen LogP contribution in [0.25, 0.3) is 0 Å². The maximum Gasteiger partial charge on any atom is 0.416 e. The van der Waals surface area contributed by atoms with Crippen molar-refractivity contribution in [2.24, 2.45) is 0 Å². The van der Waals surface area contributed by atoms with Crippen LogP contribution < -0.4 is 0 Å². The van der Waals surface area contributed by atoms with Crippen molar-refractivity contribution in [2.75, 3.05) is 26.2 Å². The number of hydrogen-bond acceptors (Lipinski definition) is 3. The number of likely N-dealkylation sites (tertiary alicyclic amines) is 2. The van der Waals surface area contributed by atoms with Crippen molar-refractivity contribution in [1.82, 2.24) is 9.80 Å². The summed E-state index contributed by atoms with van der Waals surface area (Å²) in [6.07, 6.45) is 6.85. The van der Waals surface area contributed by atoms with Crippen molar-refractivity contribution >= 4 is 0 Å². The summed E-state index contributed by atoms with van der Waals surface area (Å²) in [5.41, 5.74) is -0.653. The van der Waals surface area contributed by atoms with Crippen molar-refractivity contribution in [1.29, 1.82) is 0 Å². The molecule has 1 aromatic rings. The van der Waals surface area contributed by atoms with Gasteiger partial charge in [-0.15, -0.1) is 0 Å². The molecule has 1 aliphatic carbocycles. The zero-order valence-corrected chi connectivity index (χ0v) is 18.5. The van der Waals surface area contributed by atoms with Crippen molar-refractivity contribution in [3.8, 4) is 0 Å². The summed E-state index contributed by atoms with van der Waals surface area (Å²) in [6, 6.07) is 6.25. The monoisotopic (exact) mass is 438 g/mol. The normalized spacial score (nSPS) is 25.4. The molecule has 1 atom stereocenters. The van der Waals surface area contributed by atoms with E-state index < -0.39 is 17.3 Å². The van der Waals surface area contributed by atoms with Gasteiger partial charge in [-0.25, -0.2) is 0 Å². The highest BCUT2D eigenvalue weighted by molar-refractivity contribution is 5.28. The van der Waals surface area contributed by atoms with E-state index >= 15 is 0 Å². The maximum atomic E-state index is 13.4. The summed E-state index contributed by atoms with van der Waals surface area (Å²) in [6.45, 7) is 4.14. The SMILES string of the molecule is OC1(CC(c2cccc(C(F)(F)F)c2)N2CCC(N3CCCCC3)CC2)CCCCC1. The third kappa shape index (κ3) is 5.82. The molecule has 1 saturated carbocycles. The van der Waals surface area contributed by atoms with Gasteiger partial charge in [-0.3, -0.25) is 4.90 Å². The van der Waals surface area contributed by atoms with E-state index in [-0.39, 0.29) is 6.04 Å². The Labute approximate surface area is 184 Å². The van der Waals surface area contributed by atoms with Crippen LogP contribution in [0.15, 0.2) is 24.3 Å². The van der Waals surface area contributed by atoms with Crippen LogP contribution in [0.3, 0.4) is 0 Å². The molecule has 4 rings (SSSR count). The Hall–Kier alpha value is -1.11. The Balaban J connectivity index is 1.51. The highest BCUT2D eigenvalue weighted by Crippen LogP contribution is 2.40. The van der Waals surface area contributed by atoms with Crippen LogP contribution in [0.2, 0.25) is 0 Å². The van der Waals surface area contributed by atoms with Gasteiger partial charge in [-0.2, -0.15) is 13.2 Å². The van der Waals surface area contributed by atoms with Gasteiger partial charge >= 0.3 is 6.18 Å². The highest BCUT2D eigenvalue weighted by Gasteiger charge is 2.38. The molecule has 2 heterocycles. The average molecular weight is 439 g/mol. The van der Waals surface area contributed by atoms with E-state index in [1.165, 1.54) is 44.5 Å². The summed E-state index contributed by atoms with van der Waals surface area (Å²) in [5.74, 6) is 0. The molecule has 6 heteroatoms. The molecule has 0 aromatic heterocycles. The van der Waals surface area contributed by atoms with Gasteiger partial charge in [0.05, 0.1) is 11.2 Å². The van der Waals surface area contributed by atoms with Crippen LogP contribution in [0.1, 0.15) is 87.8 Å². The van der Waals surface area contributed by atoms with Gasteiger partial charge in [0, 0.05) is 25.2 Å². The molecule has 0 spiro atoms. The van der Waals surface area contributed by atoms with Gasteiger partial charge in [0.25, 0.3) is 0 Å². The Morgan fingerprint density at radius 2 is 1.58 bits per heavy atom. The first-order valence-corrected chi connectivity index (χ1v) is 12.2. The predicted molar refractivity (Wildman–Crippen MR) is 117 cm³/mol. The third-order valence-electron chi connectivity index (χ3n) is 7.80. The molecule has 1 aromatic carbocycles. The largest absolute Gasteiger partial charge is 0.416 e. The van der Waals surface area contributed by atoms with E-state index in [4.69, 9.17) is 0 Å². The quantitative estimate of drug-likeness (QED) is 0.631. The van der Waals surface area contributed by atoms with Gasteiger partial charge in [0.15, 0.2) is 0 Å². The number of halogens is 3. The topological polar surface area (TPSA) is 26.7 Å². The maximum absolute atomic E-state index is 13.4. The Kier molecular flexibility index (Phi) is 7.29. The minimum Gasteiger partial charge on any atom is -0.390 e. The minimum atomic E-state index is -4.34. The molecule has 0 bridgehead atoms. The molecule has 2 aliphatic heterocycles. The van der Waals surface area contributed by atoms with E-state index in [0.717, 1.165) is 64.1 Å². The van der Waals surface area contributed by atoms with Crippen molar-refractivity contribution < 1.29 is 18.3 Å². The minimum absolute atomic E-state index is 0.160. The second-order valence-corrected chi connectivity index (χ2v) is 9.99. The van der Waals surface area contributed by atoms with Gasteiger partial charge in [-0.1, -0.05) is 37.8 Å². The summed E-state index contributed by atoms with van der Waals surface area (Å²) in [7, 11) is 0. The van der Waals surface area contributed by atoms with Crippen LogP contribution in [-0.4, -0.2) is 52.7 Å². The lowest BCUT2D eigenvalue weighted by molar-refractivity contribution is -0.137. The zero-order chi connectivity index (χ0) is 21.9. The van der Waals surface area contributed by atoms with E-state index in [1.54, 1.807) is 0 Å². The molecule has 0 radical (unpaired) electrons. The highest BCUT2D eigenvalue weighted by atomic mass is 19.4. The molecule has 1 N–H and O–H groups in total. The number of nitrogens with zero attached hydrogens (tertiary/aromatic N) is 2. The third-order valence-corrected chi connectivity index (χ3v) is 7.80. The summed E-state index contributed by atoms with van der Waals surface area (Å²) in [4.78, 5) is 4.97. The molecule has 174 valence electrons. The van der Waals surface area contributed by atoms with Gasteiger partial charge < -0.3 is 10.0 Å². The average Bonchev–Trinajstić information content (AvgIpc) is 2.78. The first kappa shape index (κ1) is 23.1. The summed E-state index contributed by atoms with van der Waals surface area (Å²) in [5, 5.41) is 11.3. The molecular weight excluding hydrogens is 401 g/mol. The molecule has 3 nitrogen and oxygen atoms in total. The summed E-state index contributed by atoms with van der Waals surface area (Å²) >= 11 is 0. The van der Waals surface area contributed by atoms with Crippen LogP contribution in [-0.2, 0) is 6.18 Å². The lowest BCUT2D eigenvalue weighted by Gasteiger charge is -2.45. The second-order valence-electron chi connectivity index (χ2n) is 9.99. The molecule has 2 saturated heterocycles. The van der Waals surface area contributed by atoms with Crippen molar-refractivity contribution in [3.05, 3.63) is 35.4 Å². The number of hydrogen-bond donors (Lipinski definition) is 1. The van der Waals surface area contributed by atoms with Crippen LogP contribution in [0.5, 0.6) is 0 Å². The number of rotatable bonds is 5. The standard InChI is InChI=1S/C25H37F3N2O/c26-25(27,28)21-9-7-8-20(18-21)23(19-24(31)12-3-1-4-13-24)30-16-10-22(11-17-30)29-14-5-2-6-15-29/h7-9,18,22-23,31H,1-6,10-17,19H2. The Morgan fingerprint density at radius 1 is 0.935 bits per heavy atom. The fraction of sp³-hybridized carbons (Fsp3) is 0.760.